The van der Waals surface area contributed by atoms with Crippen LogP contribution in [0.15, 0.2) is 36.7 Å². The van der Waals surface area contributed by atoms with Gasteiger partial charge in [0.15, 0.2) is 0 Å². The van der Waals surface area contributed by atoms with Crippen molar-refractivity contribution in [2.24, 2.45) is 11.7 Å². The predicted molar refractivity (Wildman–Crippen MR) is 58.1 cm³/mol. The first kappa shape index (κ1) is 9.86. The first-order valence-corrected chi connectivity index (χ1v) is 4.90. The van der Waals surface area contributed by atoms with E-state index in [-0.39, 0.29) is 17.9 Å². The molecule has 0 saturated heterocycles. The van der Waals surface area contributed by atoms with Crippen molar-refractivity contribution in [2.75, 3.05) is 5.32 Å². The second-order valence-electron chi connectivity index (χ2n) is 3.62. The van der Waals surface area contributed by atoms with E-state index >= 15 is 0 Å². The van der Waals surface area contributed by atoms with E-state index in [2.05, 4.69) is 10.3 Å². The average Bonchev–Trinajstić information content (AvgIpc) is 2.66. The van der Waals surface area contributed by atoms with Crippen molar-refractivity contribution in [1.82, 2.24) is 4.98 Å². The summed E-state index contributed by atoms with van der Waals surface area (Å²) in [6.07, 6.45) is 7.71. The smallest absolute Gasteiger partial charge is 0.231 e. The maximum Gasteiger partial charge on any atom is 0.231 e. The van der Waals surface area contributed by atoms with Gasteiger partial charge in [0.2, 0.25) is 5.91 Å². The molecular formula is C11H13N3O. The number of anilines is 1. The Hall–Kier alpha value is -1.68. The Balaban J connectivity index is 1.96. The number of rotatable bonds is 2. The number of pyridine rings is 1. The molecule has 0 spiro atoms. The van der Waals surface area contributed by atoms with Crippen LogP contribution in [0.25, 0.3) is 0 Å². The van der Waals surface area contributed by atoms with Crippen LogP contribution in [-0.4, -0.2) is 16.9 Å². The third kappa shape index (κ3) is 2.41. The van der Waals surface area contributed by atoms with E-state index in [1.807, 2.05) is 12.2 Å². The highest BCUT2D eigenvalue weighted by molar-refractivity contribution is 5.93. The van der Waals surface area contributed by atoms with Crippen LogP contribution >= 0.6 is 0 Å². The van der Waals surface area contributed by atoms with Gasteiger partial charge in [-0.25, -0.2) is 0 Å². The maximum atomic E-state index is 11.7. The fourth-order valence-corrected chi connectivity index (χ4v) is 1.59. The van der Waals surface area contributed by atoms with Crippen LogP contribution in [0.1, 0.15) is 6.42 Å². The lowest BCUT2D eigenvalue weighted by atomic mass is 10.1. The van der Waals surface area contributed by atoms with E-state index < -0.39 is 0 Å². The topological polar surface area (TPSA) is 68.0 Å². The molecule has 0 fully saturated rings. The van der Waals surface area contributed by atoms with Gasteiger partial charge in [0.05, 0.1) is 5.92 Å². The Labute approximate surface area is 88.2 Å². The van der Waals surface area contributed by atoms with Gasteiger partial charge in [-0.05, 0) is 18.6 Å². The second kappa shape index (κ2) is 4.23. The number of carbonyl (C=O) groups is 1. The molecule has 2 atom stereocenters. The quantitative estimate of drug-likeness (QED) is 0.702. The van der Waals surface area contributed by atoms with Gasteiger partial charge in [-0.3, -0.25) is 9.78 Å². The fraction of sp³-hybridized carbons (Fsp3) is 0.273. The van der Waals surface area contributed by atoms with Gasteiger partial charge < -0.3 is 11.1 Å². The van der Waals surface area contributed by atoms with Crippen LogP contribution in [0.3, 0.4) is 0 Å². The molecule has 78 valence electrons. The van der Waals surface area contributed by atoms with Gasteiger partial charge in [0.1, 0.15) is 0 Å². The summed E-state index contributed by atoms with van der Waals surface area (Å²) in [4.78, 5) is 15.6. The fourth-order valence-electron chi connectivity index (χ4n) is 1.59. The van der Waals surface area contributed by atoms with Gasteiger partial charge in [-0.2, -0.15) is 0 Å². The number of nitrogens with zero attached hydrogens (tertiary/aromatic N) is 1. The summed E-state index contributed by atoms with van der Waals surface area (Å²) in [6.45, 7) is 0. The van der Waals surface area contributed by atoms with Crippen LogP contribution in [0, 0.1) is 5.92 Å². The van der Waals surface area contributed by atoms with E-state index in [0.717, 1.165) is 5.69 Å². The first-order valence-electron chi connectivity index (χ1n) is 4.90. The number of nitrogens with two attached hydrogens (primary N) is 1. The van der Waals surface area contributed by atoms with Gasteiger partial charge in [0.25, 0.3) is 0 Å². The van der Waals surface area contributed by atoms with Gasteiger partial charge in [-0.15, -0.1) is 0 Å². The van der Waals surface area contributed by atoms with Crippen LogP contribution < -0.4 is 11.1 Å². The molecule has 3 N–H and O–H groups in total. The molecule has 0 radical (unpaired) electrons. The zero-order valence-electron chi connectivity index (χ0n) is 8.26. The lowest BCUT2D eigenvalue weighted by molar-refractivity contribution is -0.118. The van der Waals surface area contributed by atoms with Crippen molar-refractivity contribution >= 4 is 11.6 Å². The van der Waals surface area contributed by atoms with Gasteiger partial charge >= 0.3 is 0 Å². The normalized spacial score (nSPS) is 24.1. The van der Waals surface area contributed by atoms with E-state index in [1.165, 1.54) is 0 Å². The van der Waals surface area contributed by atoms with E-state index in [1.54, 1.807) is 24.5 Å². The summed E-state index contributed by atoms with van der Waals surface area (Å²) in [5.74, 6) is -0.112. The van der Waals surface area contributed by atoms with Crippen molar-refractivity contribution in [1.29, 1.82) is 0 Å². The number of nitrogens with one attached hydrogen (secondary N) is 1. The molecule has 4 heteroatoms. The number of carbonyl (C=O) groups excluding carboxylic acids is 1. The maximum absolute atomic E-state index is 11.7. The standard InChI is InChI=1S/C11H13N3O/c12-9-2-1-8(7-9)11(15)14-10-3-5-13-6-4-10/h1-6,8-9H,7,12H2,(H,13,14,15). The molecule has 1 aromatic heterocycles. The SMILES string of the molecule is NC1C=CC(C(=O)Nc2ccncc2)C1. The summed E-state index contributed by atoms with van der Waals surface area (Å²) in [5, 5.41) is 2.82. The van der Waals surface area contributed by atoms with Crippen molar-refractivity contribution < 1.29 is 4.79 Å². The molecule has 1 heterocycles. The number of aromatic nitrogens is 1. The number of hydrogen-bond acceptors (Lipinski definition) is 3. The zero-order chi connectivity index (χ0) is 10.7. The molecule has 1 aromatic rings. The Kier molecular flexibility index (Phi) is 2.78. The molecule has 0 saturated carbocycles. The highest BCUT2D eigenvalue weighted by atomic mass is 16.1. The molecule has 1 aliphatic rings. The highest BCUT2D eigenvalue weighted by Gasteiger charge is 2.22. The Morgan fingerprint density at radius 1 is 1.40 bits per heavy atom. The van der Waals surface area contributed by atoms with Gasteiger partial charge in [0, 0.05) is 24.1 Å². The molecule has 15 heavy (non-hydrogen) atoms. The van der Waals surface area contributed by atoms with Crippen molar-refractivity contribution in [3.05, 3.63) is 36.7 Å². The summed E-state index contributed by atoms with van der Waals surface area (Å²) in [6, 6.07) is 3.53. The van der Waals surface area contributed by atoms with Crippen molar-refractivity contribution in [3.8, 4) is 0 Å². The lowest BCUT2D eigenvalue weighted by Crippen LogP contribution is -2.23. The molecular weight excluding hydrogens is 190 g/mol. The number of hydrogen-bond donors (Lipinski definition) is 2. The molecule has 0 bridgehead atoms. The summed E-state index contributed by atoms with van der Waals surface area (Å²) >= 11 is 0. The minimum Gasteiger partial charge on any atom is -0.325 e. The number of amides is 1. The van der Waals surface area contributed by atoms with E-state index in [9.17, 15) is 4.79 Å². The summed E-state index contributed by atoms with van der Waals surface area (Å²) in [7, 11) is 0. The van der Waals surface area contributed by atoms with Crippen molar-refractivity contribution in [2.45, 2.75) is 12.5 Å². The molecule has 2 rings (SSSR count). The van der Waals surface area contributed by atoms with Crippen molar-refractivity contribution in [3.63, 3.8) is 0 Å². The molecule has 0 aliphatic heterocycles. The lowest BCUT2D eigenvalue weighted by Gasteiger charge is -2.09. The van der Waals surface area contributed by atoms with Crippen LogP contribution in [0.5, 0.6) is 0 Å². The minimum atomic E-state index is -0.104. The third-order valence-corrected chi connectivity index (χ3v) is 2.40. The highest BCUT2D eigenvalue weighted by Crippen LogP contribution is 2.18. The summed E-state index contributed by atoms with van der Waals surface area (Å²) < 4.78 is 0. The molecule has 2 unspecified atom stereocenters. The Morgan fingerprint density at radius 2 is 2.13 bits per heavy atom. The molecule has 1 amide bonds. The molecule has 4 nitrogen and oxygen atoms in total. The second-order valence-corrected chi connectivity index (χ2v) is 3.62. The molecule has 0 aromatic carbocycles. The minimum absolute atomic E-state index is 0.00889. The Morgan fingerprint density at radius 3 is 2.73 bits per heavy atom. The first-order chi connectivity index (χ1) is 7.25. The molecule has 1 aliphatic carbocycles. The van der Waals surface area contributed by atoms with E-state index in [0.29, 0.717) is 6.42 Å². The third-order valence-electron chi connectivity index (χ3n) is 2.40. The largest absolute Gasteiger partial charge is 0.325 e. The summed E-state index contributed by atoms with van der Waals surface area (Å²) in [5.41, 5.74) is 6.45. The Bertz CT molecular complexity index is 375. The van der Waals surface area contributed by atoms with E-state index in [4.69, 9.17) is 5.73 Å². The zero-order valence-corrected chi connectivity index (χ0v) is 8.26. The van der Waals surface area contributed by atoms with Crippen LogP contribution in [0.4, 0.5) is 5.69 Å². The van der Waals surface area contributed by atoms with Crippen LogP contribution in [0.2, 0.25) is 0 Å². The van der Waals surface area contributed by atoms with Gasteiger partial charge in [-0.1, -0.05) is 12.2 Å². The average molecular weight is 203 g/mol. The van der Waals surface area contributed by atoms with Crippen LogP contribution in [-0.2, 0) is 4.79 Å². The predicted octanol–water partition coefficient (Wildman–Crippen LogP) is 0.923. The monoisotopic (exact) mass is 203 g/mol.